The molecule has 1 heterocycles. The molecule has 2 aliphatic carbocycles. The van der Waals surface area contributed by atoms with Crippen LogP contribution in [0.4, 0.5) is 0 Å². The van der Waals surface area contributed by atoms with E-state index >= 15 is 0 Å². The quantitative estimate of drug-likeness (QED) is 0.534. The van der Waals surface area contributed by atoms with Crippen molar-refractivity contribution in [2.45, 2.75) is 63.9 Å². The number of hydrogen-bond acceptors (Lipinski definition) is 3. The Morgan fingerprint density at radius 1 is 1.43 bits per heavy atom. The van der Waals surface area contributed by atoms with Crippen LogP contribution in [0.2, 0.25) is 0 Å². The maximum absolute atomic E-state index is 12.2. The Kier molecular flexibility index (Phi) is 4.79. The Morgan fingerprint density at radius 2 is 2.26 bits per heavy atom. The van der Waals surface area contributed by atoms with E-state index in [1.54, 1.807) is 11.0 Å². The van der Waals surface area contributed by atoms with Crippen molar-refractivity contribution in [3.8, 4) is 0 Å². The van der Waals surface area contributed by atoms with Gasteiger partial charge in [-0.2, -0.15) is 0 Å². The van der Waals surface area contributed by atoms with E-state index in [4.69, 9.17) is 4.74 Å². The Labute approximate surface area is 139 Å². The molecule has 3 rings (SSSR count). The molecule has 4 atom stereocenters. The van der Waals surface area contributed by atoms with E-state index in [1.807, 2.05) is 6.92 Å². The molecule has 0 N–H and O–H groups in total. The highest BCUT2D eigenvalue weighted by molar-refractivity contribution is 5.79. The van der Waals surface area contributed by atoms with Gasteiger partial charge < -0.3 is 9.64 Å². The first-order valence-electron chi connectivity index (χ1n) is 9.12. The van der Waals surface area contributed by atoms with E-state index in [2.05, 4.69) is 6.58 Å². The molecule has 3 aliphatic rings. The first-order valence-corrected chi connectivity index (χ1v) is 9.12. The lowest BCUT2D eigenvalue weighted by Crippen LogP contribution is -2.35. The molecular formula is C19H29NO3. The van der Waals surface area contributed by atoms with Crippen LogP contribution >= 0.6 is 0 Å². The zero-order chi connectivity index (χ0) is 16.4. The molecule has 23 heavy (non-hydrogen) atoms. The lowest BCUT2D eigenvalue weighted by atomic mass is 9.81. The molecule has 0 radical (unpaired) electrons. The van der Waals surface area contributed by atoms with Gasteiger partial charge in [0.2, 0.25) is 5.91 Å². The number of amides is 1. The third-order valence-corrected chi connectivity index (χ3v) is 6.09. The van der Waals surface area contributed by atoms with Crippen LogP contribution in [0, 0.1) is 17.8 Å². The minimum absolute atomic E-state index is 0.159. The number of carbonyl (C=O) groups is 2. The van der Waals surface area contributed by atoms with Crippen molar-refractivity contribution in [3.63, 3.8) is 0 Å². The van der Waals surface area contributed by atoms with Crippen molar-refractivity contribution in [3.05, 3.63) is 12.7 Å². The van der Waals surface area contributed by atoms with Crippen molar-refractivity contribution in [2.24, 2.45) is 17.8 Å². The number of ether oxygens (including phenoxy) is 1. The maximum Gasteiger partial charge on any atom is 0.308 e. The molecular weight excluding hydrogens is 290 g/mol. The number of fused-ring (bicyclic) bond motifs is 2. The summed E-state index contributed by atoms with van der Waals surface area (Å²) >= 11 is 0. The van der Waals surface area contributed by atoms with Gasteiger partial charge in [0.05, 0.1) is 6.42 Å². The third kappa shape index (κ3) is 3.78. The predicted octanol–water partition coefficient (Wildman–Crippen LogP) is 3.31. The van der Waals surface area contributed by atoms with Crippen LogP contribution in [0.5, 0.6) is 0 Å². The van der Waals surface area contributed by atoms with Crippen LogP contribution < -0.4 is 0 Å². The summed E-state index contributed by atoms with van der Waals surface area (Å²) in [5, 5.41) is 0. The molecule has 4 heteroatoms. The summed E-state index contributed by atoms with van der Waals surface area (Å²) in [6.07, 6.45) is 9.86. The third-order valence-electron chi connectivity index (χ3n) is 6.09. The van der Waals surface area contributed by atoms with Crippen LogP contribution in [0.25, 0.3) is 0 Å². The van der Waals surface area contributed by atoms with E-state index in [-0.39, 0.29) is 18.3 Å². The smallest absolute Gasteiger partial charge is 0.308 e. The zero-order valence-corrected chi connectivity index (χ0v) is 14.3. The predicted molar refractivity (Wildman–Crippen MR) is 88.7 cm³/mol. The van der Waals surface area contributed by atoms with Gasteiger partial charge >= 0.3 is 5.97 Å². The molecule has 0 spiro atoms. The van der Waals surface area contributed by atoms with Crippen molar-refractivity contribution >= 4 is 11.9 Å². The molecule has 4 nitrogen and oxygen atoms in total. The first-order chi connectivity index (χ1) is 11.0. The molecule has 2 bridgehead atoms. The van der Waals surface area contributed by atoms with Gasteiger partial charge in [-0.05, 0) is 62.9 Å². The summed E-state index contributed by atoms with van der Waals surface area (Å²) in [5.74, 6) is 2.34. The topological polar surface area (TPSA) is 46.6 Å². The van der Waals surface area contributed by atoms with Crippen molar-refractivity contribution in [1.82, 2.24) is 4.90 Å². The van der Waals surface area contributed by atoms with E-state index in [0.717, 1.165) is 31.2 Å². The Bertz CT molecular complexity index is 489. The van der Waals surface area contributed by atoms with Gasteiger partial charge in [-0.1, -0.05) is 13.0 Å². The zero-order valence-electron chi connectivity index (χ0n) is 14.3. The van der Waals surface area contributed by atoms with Gasteiger partial charge in [-0.15, -0.1) is 0 Å². The van der Waals surface area contributed by atoms with Gasteiger partial charge in [-0.3, -0.25) is 9.59 Å². The van der Waals surface area contributed by atoms with E-state index in [1.165, 1.54) is 25.7 Å². The van der Waals surface area contributed by atoms with Crippen LogP contribution in [-0.4, -0.2) is 35.5 Å². The standard InChI is InChI=1S/C19H29NO3/c1-3-19(2,13-16-12-14-6-7-15(16)11-14)23-18(22)8-10-20-9-4-5-17(20)21/h3,14-16H,1,4-13H2,2H3/t14-,15-,16-,19-/m0/s1. The van der Waals surface area contributed by atoms with E-state index in [9.17, 15) is 9.59 Å². The second-order valence-electron chi connectivity index (χ2n) is 7.86. The molecule has 2 saturated carbocycles. The molecule has 3 fully saturated rings. The van der Waals surface area contributed by atoms with Crippen LogP contribution in [0.3, 0.4) is 0 Å². The summed E-state index contributed by atoms with van der Waals surface area (Å²) in [6.45, 7) is 7.13. The molecule has 0 aromatic rings. The fraction of sp³-hybridized carbons (Fsp3) is 0.789. The van der Waals surface area contributed by atoms with Crippen LogP contribution in [0.1, 0.15) is 58.3 Å². The van der Waals surface area contributed by atoms with Gasteiger partial charge in [0.1, 0.15) is 5.60 Å². The Hall–Kier alpha value is -1.32. The number of nitrogens with zero attached hydrogens (tertiary/aromatic N) is 1. The molecule has 1 aliphatic heterocycles. The van der Waals surface area contributed by atoms with Gasteiger partial charge in [-0.25, -0.2) is 0 Å². The summed E-state index contributed by atoms with van der Waals surface area (Å²) in [7, 11) is 0. The monoisotopic (exact) mass is 319 g/mol. The van der Waals surface area contributed by atoms with Crippen molar-refractivity contribution in [2.75, 3.05) is 13.1 Å². The number of carbonyl (C=O) groups excluding carboxylic acids is 2. The second kappa shape index (κ2) is 6.66. The number of esters is 1. The normalized spacial score (nSPS) is 32.1. The average Bonchev–Trinajstić information content (AvgIpc) is 3.22. The van der Waals surface area contributed by atoms with Crippen molar-refractivity contribution < 1.29 is 14.3 Å². The molecule has 0 unspecified atom stereocenters. The SMILES string of the molecule is C=C[C@@](C)(C[C@@H]1C[C@H]2CC[C@H]1C2)OC(=O)CCN1CCCC1=O. The maximum atomic E-state index is 12.2. The first kappa shape index (κ1) is 16.5. The Balaban J connectivity index is 1.48. The summed E-state index contributed by atoms with van der Waals surface area (Å²) < 4.78 is 5.76. The van der Waals surface area contributed by atoms with Gasteiger partial charge in [0, 0.05) is 19.5 Å². The summed E-state index contributed by atoms with van der Waals surface area (Å²) in [6, 6.07) is 0. The fourth-order valence-electron chi connectivity index (χ4n) is 4.79. The highest BCUT2D eigenvalue weighted by Gasteiger charge is 2.42. The molecule has 0 aromatic heterocycles. The Morgan fingerprint density at radius 3 is 2.83 bits per heavy atom. The lowest BCUT2D eigenvalue weighted by Gasteiger charge is -2.32. The van der Waals surface area contributed by atoms with E-state index < -0.39 is 5.60 Å². The van der Waals surface area contributed by atoms with Crippen molar-refractivity contribution in [1.29, 1.82) is 0 Å². The molecule has 128 valence electrons. The number of rotatable bonds is 7. The van der Waals surface area contributed by atoms with E-state index in [0.29, 0.717) is 18.9 Å². The molecule has 1 amide bonds. The minimum atomic E-state index is -0.568. The summed E-state index contributed by atoms with van der Waals surface area (Å²) in [4.78, 5) is 25.6. The fourth-order valence-corrected chi connectivity index (χ4v) is 4.79. The van der Waals surface area contributed by atoms with Gasteiger partial charge in [0.25, 0.3) is 0 Å². The summed E-state index contributed by atoms with van der Waals surface area (Å²) in [5.41, 5.74) is -0.568. The largest absolute Gasteiger partial charge is 0.455 e. The van der Waals surface area contributed by atoms with Gasteiger partial charge in [0.15, 0.2) is 0 Å². The highest BCUT2D eigenvalue weighted by atomic mass is 16.6. The second-order valence-corrected chi connectivity index (χ2v) is 7.86. The van der Waals surface area contributed by atoms with Crippen LogP contribution in [-0.2, 0) is 14.3 Å². The number of hydrogen-bond donors (Lipinski definition) is 0. The molecule has 0 aromatic carbocycles. The lowest BCUT2D eigenvalue weighted by molar-refractivity contribution is -0.155. The molecule has 1 saturated heterocycles. The average molecular weight is 319 g/mol. The van der Waals surface area contributed by atoms with Crippen LogP contribution in [0.15, 0.2) is 12.7 Å². The highest BCUT2D eigenvalue weighted by Crippen LogP contribution is 2.51. The minimum Gasteiger partial charge on any atom is -0.455 e. The number of likely N-dealkylation sites (tertiary alicyclic amines) is 1.